The number of benzene rings is 1. The van der Waals surface area contributed by atoms with Gasteiger partial charge in [0.05, 0.1) is 60.3 Å². The van der Waals surface area contributed by atoms with E-state index < -0.39 is 102 Å². The maximum Gasteiger partial charge on any atom is 0.311 e. The predicted octanol–water partition coefficient (Wildman–Crippen LogP) is 5.09. The molecule has 0 saturated carbocycles. The van der Waals surface area contributed by atoms with Gasteiger partial charge in [-0.05, 0) is 125 Å². The van der Waals surface area contributed by atoms with Gasteiger partial charge in [-0.3, -0.25) is 14.5 Å². The molecule has 1 unspecified atom stereocenters. The van der Waals surface area contributed by atoms with Crippen LogP contribution < -0.4 is 5.32 Å². The van der Waals surface area contributed by atoms with Crippen molar-refractivity contribution < 1.29 is 68.3 Å². The van der Waals surface area contributed by atoms with E-state index in [0.717, 1.165) is 24.1 Å². The van der Waals surface area contributed by atoms with E-state index in [0.29, 0.717) is 45.5 Å². The monoisotopic (exact) mass is 1060 g/mol. The number of aromatic nitrogens is 1. The van der Waals surface area contributed by atoms with Crippen LogP contribution in [0.2, 0.25) is 0 Å². The van der Waals surface area contributed by atoms with E-state index in [1.807, 2.05) is 58.5 Å². The summed E-state index contributed by atoms with van der Waals surface area (Å²) in [6.07, 6.45) is -6.23. The fraction of sp³-hybridized carbons (Fsp3) is 0.825. The highest BCUT2D eigenvalue weighted by atomic mass is 16.7. The lowest BCUT2D eigenvalue weighted by atomic mass is 9.77. The number of esters is 1. The highest BCUT2D eigenvalue weighted by Crippen LogP contribution is 2.43. The van der Waals surface area contributed by atoms with Crippen molar-refractivity contribution in [2.24, 2.45) is 17.8 Å². The number of hydrogen-bond donors (Lipinski definition) is 7. The molecular formula is C57H96N4O14. The van der Waals surface area contributed by atoms with Crippen molar-refractivity contribution in [3.05, 3.63) is 35.0 Å². The number of methoxy groups -OCH3 is 1. The second kappa shape index (κ2) is 25.1. The number of carbonyl (C=O) groups excluding carboxylic acids is 2. The van der Waals surface area contributed by atoms with E-state index in [9.17, 15) is 35.1 Å². The molecule has 0 bridgehead atoms. The first-order valence-electron chi connectivity index (χ1n) is 28.0. The smallest absolute Gasteiger partial charge is 0.311 e. The van der Waals surface area contributed by atoms with Crippen molar-refractivity contribution in [2.45, 2.75) is 237 Å². The number of amides is 1. The molecule has 3 fully saturated rings. The molecule has 75 heavy (non-hydrogen) atoms. The molecule has 1 aromatic heterocycles. The third-order valence-electron chi connectivity index (χ3n) is 17.6. The number of H-pyrrole nitrogens is 1. The van der Waals surface area contributed by atoms with Crippen molar-refractivity contribution in [3.63, 3.8) is 0 Å². The van der Waals surface area contributed by atoms with Crippen LogP contribution >= 0.6 is 0 Å². The molecule has 1 aromatic carbocycles. The van der Waals surface area contributed by atoms with Crippen LogP contribution in [0.1, 0.15) is 145 Å². The molecule has 5 heterocycles. The van der Waals surface area contributed by atoms with Gasteiger partial charge >= 0.3 is 5.97 Å². The molecule has 0 radical (unpaired) electrons. The molecule has 19 atom stereocenters. The summed E-state index contributed by atoms with van der Waals surface area (Å²) >= 11 is 0. The Morgan fingerprint density at radius 2 is 1.68 bits per heavy atom. The number of para-hydroxylation sites is 1. The SMILES string of the molecule is CCc1cccc2c3c([nH]c12)C(CC)(CC(=O)NCCCN1C[C@H](C)C[C@@](C)(O)[C@H](O[C@@H]2O[C@H](C)C[C@H](N(C)C)[C@H]2O)[C@@H](C)[C@H](O[C@H]2C[C@@](C)(OC)[C@@H](O)[C@H](C)O2)[C@@H](C)C(=O)O[C@H](CC)[C@@](C)(O)[C@H](O)[C@H]1C)OCC3. The predicted molar refractivity (Wildman–Crippen MR) is 285 cm³/mol. The Morgan fingerprint density at radius 3 is 2.32 bits per heavy atom. The van der Waals surface area contributed by atoms with E-state index in [2.05, 4.69) is 35.4 Å². The lowest BCUT2D eigenvalue weighted by Gasteiger charge is -2.48. The average molecular weight is 1060 g/mol. The Morgan fingerprint density at radius 1 is 0.973 bits per heavy atom. The van der Waals surface area contributed by atoms with Crippen molar-refractivity contribution >= 4 is 22.8 Å². The van der Waals surface area contributed by atoms with Crippen molar-refractivity contribution in [3.8, 4) is 0 Å². The summed E-state index contributed by atoms with van der Waals surface area (Å²) in [5, 5.41) is 64.9. The number of nitrogens with one attached hydrogen (secondary N) is 2. The first-order chi connectivity index (χ1) is 35.2. The minimum Gasteiger partial charge on any atom is -0.459 e. The fourth-order valence-corrected chi connectivity index (χ4v) is 13.0. The second-order valence-electron chi connectivity index (χ2n) is 23.7. The number of rotatable bonds is 15. The van der Waals surface area contributed by atoms with Crippen LogP contribution in [0.15, 0.2) is 18.2 Å². The third-order valence-corrected chi connectivity index (χ3v) is 17.6. The summed E-state index contributed by atoms with van der Waals surface area (Å²) in [4.78, 5) is 36.3. The van der Waals surface area contributed by atoms with Crippen LogP contribution in [-0.4, -0.2) is 190 Å². The number of likely N-dealkylation sites (N-methyl/N-ethyl adjacent to an activating group) is 1. The van der Waals surface area contributed by atoms with Crippen LogP contribution in [0, 0.1) is 17.8 Å². The van der Waals surface area contributed by atoms with Crippen LogP contribution in [0.4, 0.5) is 0 Å². The van der Waals surface area contributed by atoms with E-state index in [1.54, 1.807) is 34.6 Å². The number of carbonyl (C=O) groups is 2. The molecule has 3 saturated heterocycles. The van der Waals surface area contributed by atoms with Gasteiger partial charge in [-0.1, -0.05) is 52.8 Å². The summed E-state index contributed by atoms with van der Waals surface area (Å²) in [5.41, 5.74) is -0.974. The minimum atomic E-state index is -1.93. The van der Waals surface area contributed by atoms with Crippen LogP contribution in [0.25, 0.3) is 10.9 Å². The van der Waals surface area contributed by atoms with Gasteiger partial charge in [0, 0.05) is 62.1 Å². The number of ether oxygens (including phenoxy) is 7. The molecule has 428 valence electrons. The largest absolute Gasteiger partial charge is 0.459 e. The van der Waals surface area contributed by atoms with E-state index in [1.165, 1.54) is 30.5 Å². The van der Waals surface area contributed by atoms with Crippen molar-refractivity contribution in [1.82, 2.24) is 20.1 Å². The topological polar surface area (TPSA) is 234 Å². The van der Waals surface area contributed by atoms with Gasteiger partial charge in [0.2, 0.25) is 5.91 Å². The number of nitrogens with zero attached hydrogens (tertiary/aromatic N) is 2. The van der Waals surface area contributed by atoms with Gasteiger partial charge in [-0.25, -0.2) is 0 Å². The number of fused-ring (bicyclic) bond motifs is 3. The van der Waals surface area contributed by atoms with E-state index >= 15 is 0 Å². The third kappa shape index (κ3) is 13.3. The number of aryl methyl sites for hydroxylation is 1. The highest BCUT2D eigenvalue weighted by Gasteiger charge is 2.53. The number of cyclic esters (lactones) is 1. The lowest BCUT2D eigenvalue weighted by molar-refractivity contribution is -0.318. The zero-order valence-corrected chi connectivity index (χ0v) is 47.9. The van der Waals surface area contributed by atoms with Gasteiger partial charge in [0.1, 0.15) is 35.6 Å². The summed E-state index contributed by atoms with van der Waals surface area (Å²) in [6, 6.07) is 5.34. The molecule has 2 aromatic rings. The Labute approximate surface area is 446 Å². The standard InChI is InChI=1S/C57H96N4O14/c1-16-38-21-19-22-39-40-23-26-70-57(18-3,48(40)59-45(38)39)29-43(62)58-24-20-25-61-31-32(4)28-54(10,67)51(75-53-46(63)41(60(13)14)27-33(5)71-53)34(6)47(74-44-30-55(11,69-15)50(65)37(9)72-44)35(7)52(66)73-42(17-2)56(12,68)49(64)36(61)8/h19,21-22,32-37,41-42,44,46-47,49-51,53,59,63-65,67-68H,16-18,20,23-31H2,1-15H3,(H,58,62)/t32-,33-,34+,35-,36-,37+,41+,42-,44+,46-,47+,49-,50+,51-,53+,54-,55-,56-,57?/m1/s1. The molecule has 4 aliphatic rings. The number of hydrogen-bond acceptors (Lipinski definition) is 16. The fourth-order valence-electron chi connectivity index (χ4n) is 13.0. The quantitative estimate of drug-likeness (QED) is 0.0910. The summed E-state index contributed by atoms with van der Waals surface area (Å²) in [5.74, 6) is -3.04. The van der Waals surface area contributed by atoms with Gasteiger partial charge in [-0.15, -0.1) is 0 Å². The summed E-state index contributed by atoms with van der Waals surface area (Å²) < 4.78 is 44.8. The van der Waals surface area contributed by atoms with Gasteiger partial charge in [-0.2, -0.15) is 0 Å². The normalized spacial score (nSPS) is 40.9. The van der Waals surface area contributed by atoms with Crippen LogP contribution in [-0.2, 0) is 61.2 Å². The maximum absolute atomic E-state index is 14.7. The zero-order valence-electron chi connectivity index (χ0n) is 47.9. The molecule has 0 spiro atoms. The van der Waals surface area contributed by atoms with Gasteiger partial charge in [0.25, 0.3) is 0 Å². The molecule has 4 aliphatic heterocycles. The summed E-state index contributed by atoms with van der Waals surface area (Å²) in [6.45, 7) is 23.4. The molecule has 18 nitrogen and oxygen atoms in total. The summed E-state index contributed by atoms with van der Waals surface area (Å²) in [7, 11) is 5.27. The minimum absolute atomic E-state index is 0.0981. The number of aromatic amines is 1. The zero-order chi connectivity index (χ0) is 55.5. The average Bonchev–Trinajstić information content (AvgIpc) is 3.76. The Balaban J connectivity index is 1.29. The first kappa shape index (κ1) is 61.4. The second-order valence-corrected chi connectivity index (χ2v) is 23.7. The Bertz CT molecular complexity index is 2190. The van der Waals surface area contributed by atoms with E-state index in [4.69, 9.17) is 33.2 Å². The van der Waals surface area contributed by atoms with Crippen LogP contribution in [0.5, 0.6) is 0 Å². The molecule has 18 heteroatoms. The molecule has 6 rings (SSSR count). The first-order valence-corrected chi connectivity index (χ1v) is 28.0. The Hall–Kier alpha value is -2.82. The molecular weight excluding hydrogens is 965 g/mol. The van der Waals surface area contributed by atoms with E-state index in [-0.39, 0.29) is 49.7 Å². The molecule has 7 N–H and O–H groups in total. The van der Waals surface area contributed by atoms with Crippen molar-refractivity contribution in [1.29, 1.82) is 0 Å². The molecule has 0 aliphatic carbocycles. The number of aliphatic hydroxyl groups excluding tert-OH is 3. The molecule has 1 amide bonds. The lowest BCUT2D eigenvalue weighted by Crippen LogP contribution is -2.60. The van der Waals surface area contributed by atoms with Gasteiger partial charge < -0.3 is 73.9 Å². The van der Waals surface area contributed by atoms with Crippen molar-refractivity contribution in [2.75, 3.05) is 47.4 Å². The highest BCUT2D eigenvalue weighted by molar-refractivity contribution is 5.88. The maximum atomic E-state index is 14.7. The van der Waals surface area contributed by atoms with Gasteiger partial charge in [0.15, 0.2) is 12.6 Å². The Kier molecular flexibility index (Phi) is 20.5. The van der Waals surface area contributed by atoms with Crippen LogP contribution in [0.3, 0.4) is 0 Å². The number of aliphatic hydroxyl groups is 5.